The monoisotopic (exact) mass is 279 g/mol. The molecule has 0 spiro atoms. The zero-order chi connectivity index (χ0) is 11.6. The van der Waals surface area contributed by atoms with Crippen molar-refractivity contribution >= 4 is 21.6 Å². The molecule has 1 aliphatic heterocycles. The van der Waals surface area contributed by atoms with Gasteiger partial charge in [-0.1, -0.05) is 0 Å². The first-order valence-corrected chi connectivity index (χ1v) is 6.11. The summed E-state index contributed by atoms with van der Waals surface area (Å²) >= 11 is 3.49. The van der Waals surface area contributed by atoms with Crippen LogP contribution in [-0.4, -0.2) is 18.6 Å². The van der Waals surface area contributed by atoms with Crippen molar-refractivity contribution < 1.29 is 0 Å². The molecule has 1 unspecified atom stereocenters. The minimum absolute atomic E-state index is 0.108. The van der Waals surface area contributed by atoms with Gasteiger partial charge in [-0.3, -0.25) is 0 Å². The number of hydrogen-bond acceptors (Lipinski definition) is 3. The molecule has 0 radical (unpaired) electrons. The molecular weight excluding hydrogens is 266 g/mol. The van der Waals surface area contributed by atoms with Gasteiger partial charge in [-0.2, -0.15) is 5.26 Å². The molecule has 1 atom stereocenters. The first kappa shape index (κ1) is 11.4. The van der Waals surface area contributed by atoms with Gasteiger partial charge in [0.1, 0.15) is 0 Å². The first-order valence-electron chi connectivity index (χ1n) is 5.31. The van der Waals surface area contributed by atoms with E-state index in [-0.39, 0.29) is 5.54 Å². The number of benzene rings is 1. The van der Waals surface area contributed by atoms with E-state index < -0.39 is 0 Å². The molecule has 0 bridgehead atoms. The van der Waals surface area contributed by atoms with Crippen molar-refractivity contribution in [2.75, 3.05) is 18.4 Å². The molecular formula is C12H14BrN3. The van der Waals surface area contributed by atoms with Gasteiger partial charge in [0.15, 0.2) is 0 Å². The largest absolute Gasteiger partial charge is 0.378 e. The SMILES string of the molecule is CC1(Nc2ccc(C#N)cc2Br)CCNC1. The maximum atomic E-state index is 8.79. The molecule has 4 heteroatoms. The van der Waals surface area contributed by atoms with E-state index in [0.29, 0.717) is 5.56 Å². The summed E-state index contributed by atoms with van der Waals surface area (Å²) in [5.41, 5.74) is 1.83. The van der Waals surface area contributed by atoms with Crippen LogP contribution in [0.4, 0.5) is 5.69 Å². The van der Waals surface area contributed by atoms with E-state index in [4.69, 9.17) is 5.26 Å². The number of rotatable bonds is 2. The predicted molar refractivity (Wildman–Crippen MR) is 68.4 cm³/mol. The molecule has 2 N–H and O–H groups in total. The lowest BCUT2D eigenvalue weighted by Crippen LogP contribution is -2.36. The molecule has 0 aliphatic carbocycles. The molecule has 0 saturated carbocycles. The summed E-state index contributed by atoms with van der Waals surface area (Å²) in [5, 5.41) is 15.6. The van der Waals surface area contributed by atoms with Crippen LogP contribution < -0.4 is 10.6 Å². The van der Waals surface area contributed by atoms with Gasteiger partial charge in [-0.25, -0.2) is 0 Å². The maximum Gasteiger partial charge on any atom is 0.0992 e. The number of nitriles is 1. The second-order valence-electron chi connectivity index (χ2n) is 4.42. The Bertz CT molecular complexity index is 430. The molecule has 1 aromatic carbocycles. The van der Waals surface area contributed by atoms with E-state index in [1.54, 1.807) is 0 Å². The molecule has 0 aromatic heterocycles. The molecule has 1 aromatic rings. The van der Waals surface area contributed by atoms with E-state index in [0.717, 1.165) is 29.7 Å². The summed E-state index contributed by atoms with van der Waals surface area (Å²) in [6.07, 6.45) is 1.11. The van der Waals surface area contributed by atoms with E-state index in [1.165, 1.54) is 0 Å². The standard InChI is InChI=1S/C12H14BrN3/c1-12(4-5-15-8-12)16-11-3-2-9(7-14)6-10(11)13/h2-3,6,15-16H,4-5,8H2,1H3. The highest BCUT2D eigenvalue weighted by Crippen LogP contribution is 2.28. The number of hydrogen-bond donors (Lipinski definition) is 2. The quantitative estimate of drug-likeness (QED) is 0.875. The Morgan fingerprint density at radius 2 is 2.38 bits per heavy atom. The molecule has 3 nitrogen and oxygen atoms in total. The van der Waals surface area contributed by atoms with E-state index in [2.05, 4.69) is 39.6 Å². The Balaban J connectivity index is 2.19. The van der Waals surface area contributed by atoms with Gasteiger partial charge in [0.2, 0.25) is 0 Å². The van der Waals surface area contributed by atoms with E-state index in [1.807, 2.05) is 18.2 Å². The Morgan fingerprint density at radius 1 is 1.56 bits per heavy atom. The summed E-state index contributed by atoms with van der Waals surface area (Å²) in [6.45, 7) is 4.23. The summed E-state index contributed by atoms with van der Waals surface area (Å²) < 4.78 is 0.944. The van der Waals surface area contributed by atoms with Crippen molar-refractivity contribution in [3.8, 4) is 6.07 Å². The van der Waals surface area contributed by atoms with Gasteiger partial charge < -0.3 is 10.6 Å². The second-order valence-corrected chi connectivity index (χ2v) is 5.27. The summed E-state index contributed by atoms with van der Waals surface area (Å²) in [6, 6.07) is 7.75. The fraction of sp³-hybridized carbons (Fsp3) is 0.417. The van der Waals surface area contributed by atoms with Crippen LogP contribution in [0.2, 0.25) is 0 Å². The van der Waals surface area contributed by atoms with Crippen molar-refractivity contribution in [1.29, 1.82) is 5.26 Å². The van der Waals surface area contributed by atoms with Crippen molar-refractivity contribution in [3.05, 3.63) is 28.2 Å². The third kappa shape index (κ3) is 2.37. The van der Waals surface area contributed by atoms with Gasteiger partial charge in [0.25, 0.3) is 0 Å². The molecule has 16 heavy (non-hydrogen) atoms. The second kappa shape index (κ2) is 4.44. The van der Waals surface area contributed by atoms with Gasteiger partial charge in [-0.15, -0.1) is 0 Å². The zero-order valence-corrected chi connectivity index (χ0v) is 10.8. The Hall–Kier alpha value is -1.05. The maximum absolute atomic E-state index is 8.79. The van der Waals surface area contributed by atoms with Gasteiger partial charge >= 0.3 is 0 Å². The van der Waals surface area contributed by atoms with Crippen LogP contribution >= 0.6 is 15.9 Å². The Labute approximate surface area is 104 Å². The molecule has 0 amide bonds. The van der Waals surface area contributed by atoms with Crippen LogP contribution in [0.15, 0.2) is 22.7 Å². The van der Waals surface area contributed by atoms with Crippen LogP contribution in [0.25, 0.3) is 0 Å². The van der Waals surface area contributed by atoms with Crippen molar-refractivity contribution in [1.82, 2.24) is 5.32 Å². The zero-order valence-electron chi connectivity index (χ0n) is 9.18. The molecule has 84 valence electrons. The first-order chi connectivity index (χ1) is 7.63. The van der Waals surface area contributed by atoms with Crippen molar-refractivity contribution in [2.24, 2.45) is 0 Å². The molecule has 2 rings (SSSR count). The van der Waals surface area contributed by atoms with E-state index in [9.17, 15) is 0 Å². The highest BCUT2D eigenvalue weighted by atomic mass is 79.9. The number of anilines is 1. The minimum atomic E-state index is 0.108. The smallest absolute Gasteiger partial charge is 0.0992 e. The average molecular weight is 280 g/mol. The highest BCUT2D eigenvalue weighted by Gasteiger charge is 2.28. The third-order valence-electron chi connectivity index (χ3n) is 2.90. The van der Waals surface area contributed by atoms with Crippen molar-refractivity contribution in [2.45, 2.75) is 18.9 Å². The number of nitrogens with zero attached hydrogens (tertiary/aromatic N) is 1. The molecule has 1 heterocycles. The minimum Gasteiger partial charge on any atom is -0.378 e. The fourth-order valence-corrected chi connectivity index (χ4v) is 2.41. The van der Waals surface area contributed by atoms with Gasteiger partial charge in [-0.05, 0) is 54.0 Å². The predicted octanol–water partition coefficient (Wildman–Crippen LogP) is 2.48. The number of halogens is 1. The van der Waals surface area contributed by atoms with Crippen LogP contribution in [0, 0.1) is 11.3 Å². The third-order valence-corrected chi connectivity index (χ3v) is 3.56. The van der Waals surface area contributed by atoms with E-state index >= 15 is 0 Å². The van der Waals surface area contributed by atoms with Gasteiger partial charge in [0.05, 0.1) is 11.6 Å². The van der Waals surface area contributed by atoms with Crippen LogP contribution in [0.5, 0.6) is 0 Å². The lowest BCUT2D eigenvalue weighted by molar-refractivity contribution is 0.566. The lowest BCUT2D eigenvalue weighted by atomic mass is 10.0. The highest BCUT2D eigenvalue weighted by molar-refractivity contribution is 9.10. The number of nitrogens with one attached hydrogen (secondary N) is 2. The van der Waals surface area contributed by atoms with Gasteiger partial charge in [0, 0.05) is 22.2 Å². The topological polar surface area (TPSA) is 47.9 Å². The Kier molecular flexibility index (Phi) is 3.17. The van der Waals surface area contributed by atoms with Crippen molar-refractivity contribution in [3.63, 3.8) is 0 Å². The molecule has 1 fully saturated rings. The van der Waals surface area contributed by atoms with Crippen LogP contribution in [0.1, 0.15) is 18.9 Å². The lowest BCUT2D eigenvalue weighted by Gasteiger charge is -2.26. The fourth-order valence-electron chi connectivity index (χ4n) is 1.93. The molecule has 1 saturated heterocycles. The Morgan fingerprint density at radius 3 is 2.94 bits per heavy atom. The summed E-state index contributed by atoms with van der Waals surface area (Å²) in [4.78, 5) is 0. The van der Waals surface area contributed by atoms with Crippen LogP contribution in [-0.2, 0) is 0 Å². The average Bonchev–Trinajstić information content (AvgIpc) is 2.68. The summed E-state index contributed by atoms with van der Waals surface area (Å²) in [5.74, 6) is 0. The summed E-state index contributed by atoms with van der Waals surface area (Å²) in [7, 11) is 0. The van der Waals surface area contributed by atoms with Crippen LogP contribution in [0.3, 0.4) is 0 Å². The molecule has 1 aliphatic rings. The normalized spacial score (nSPS) is 24.1.